The molecule has 0 unspecified atom stereocenters. The van der Waals surface area contributed by atoms with Crippen LogP contribution in [0.1, 0.15) is 51.6 Å². The molecule has 1 saturated heterocycles. The Hall–Kier alpha value is -2.74. The minimum atomic E-state index is -0.144. The van der Waals surface area contributed by atoms with Crippen LogP contribution in [-0.4, -0.2) is 39.0 Å². The highest BCUT2D eigenvalue weighted by molar-refractivity contribution is 7.15. The summed E-state index contributed by atoms with van der Waals surface area (Å²) in [7, 11) is 0. The summed E-state index contributed by atoms with van der Waals surface area (Å²) in [6.45, 7) is 9.00. The molecule has 0 bridgehead atoms. The van der Waals surface area contributed by atoms with Gasteiger partial charge in [-0.1, -0.05) is 17.4 Å². The molecule has 1 aliphatic heterocycles. The number of hydrogen-bond acceptors (Lipinski definition) is 6. The first-order valence-electron chi connectivity index (χ1n) is 10.5. The lowest BCUT2D eigenvalue weighted by Gasteiger charge is -2.30. The molecule has 0 spiro atoms. The van der Waals surface area contributed by atoms with Gasteiger partial charge in [0.15, 0.2) is 0 Å². The summed E-state index contributed by atoms with van der Waals surface area (Å²) < 4.78 is 1.98. The van der Waals surface area contributed by atoms with Crippen molar-refractivity contribution in [1.82, 2.24) is 20.0 Å². The Balaban J connectivity index is 1.40. The number of amides is 1. The van der Waals surface area contributed by atoms with Crippen LogP contribution in [0, 0.1) is 20.8 Å². The Morgan fingerprint density at radius 2 is 1.90 bits per heavy atom. The molecule has 3 aromatic rings. The van der Waals surface area contributed by atoms with Crippen LogP contribution in [0.3, 0.4) is 0 Å². The highest BCUT2D eigenvalue weighted by Gasteiger charge is 2.16. The number of carbonyl (C=O) groups is 1. The minimum Gasteiger partial charge on any atom is -0.371 e. The molecule has 30 heavy (non-hydrogen) atoms. The van der Waals surface area contributed by atoms with E-state index >= 15 is 0 Å². The Morgan fingerprint density at radius 1 is 1.10 bits per heavy atom. The minimum absolute atomic E-state index is 0.144. The lowest BCUT2D eigenvalue weighted by atomic mass is 10.1. The average Bonchev–Trinajstić information content (AvgIpc) is 3.32. The van der Waals surface area contributed by atoms with Gasteiger partial charge in [-0.3, -0.25) is 14.8 Å². The topological polar surface area (TPSA) is 75.9 Å². The standard InChI is InChI=1S/C22H28N6OS/c1-15-7-8-18(14-19(15)27-10-5-4-6-11-27)21(29)23-22-25-24-20(30-22)9-12-28-17(3)13-16(2)26-28/h7-8,13-14H,4-6,9-12H2,1-3H3,(H,23,25,29). The SMILES string of the molecule is Cc1cc(C)n(CCc2nnc(NC(=O)c3ccc(C)c(N4CCCCC4)c3)s2)n1. The van der Waals surface area contributed by atoms with Crippen LogP contribution >= 0.6 is 11.3 Å². The summed E-state index contributed by atoms with van der Waals surface area (Å²) >= 11 is 1.42. The second kappa shape index (κ2) is 8.95. The fraction of sp³-hybridized carbons (Fsp3) is 0.455. The van der Waals surface area contributed by atoms with E-state index in [-0.39, 0.29) is 5.91 Å². The predicted molar refractivity (Wildman–Crippen MR) is 121 cm³/mol. The fourth-order valence-electron chi connectivity index (χ4n) is 3.90. The molecule has 1 aliphatic rings. The summed E-state index contributed by atoms with van der Waals surface area (Å²) in [5.41, 5.74) is 5.16. The zero-order chi connectivity index (χ0) is 21.1. The fourth-order valence-corrected chi connectivity index (χ4v) is 4.63. The number of benzene rings is 1. The van der Waals surface area contributed by atoms with Crippen molar-refractivity contribution in [1.29, 1.82) is 0 Å². The third kappa shape index (κ3) is 4.70. The number of carbonyl (C=O) groups excluding carboxylic acids is 1. The number of nitrogens with one attached hydrogen (secondary N) is 1. The van der Waals surface area contributed by atoms with Gasteiger partial charge < -0.3 is 4.90 Å². The van der Waals surface area contributed by atoms with E-state index in [2.05, 4.69) is 38.5 Å². The molecule has 0 atom stereocenters. The molecule has 0 saturated carbocycles. The maximum absolute atomic E-state index is 12.8. The van der Waals surface area contributed by atoms with Crippen LogP contribution in [0.25, 0.3) is 0 Å². The summed E-state index contributed by atoms with van der Waals surface area (Å²) in [5.74, 6) is -0.144. The molecule has 7 nitrogen and oxygen atoms in total. The third-order valence-corrected chi connectivity index (χ3v) is 6.39. The van der Waals surface area contributed by atoms with Crippen molar-refractivity contribution in [2.24, 2.45) is 0 Å². The molecule has 1 N–H and O–H groups in total. The number of piperidine rings is 1. The first-order valence-corrected chi connectivity index (χ1v) is 11.3. The average molecular weight is 425 g/mol. The molecule has 0 radical (unpaired) electrons. The maximum atomic E-state index is 12.8. The van der Waals surface area contributed by atoms with Crippen LogP contribution in [-0.2, 0) is 13.0 Å². The molecule has 158 valence electrons. The number of anilines is 2. The van der Waals surface area contributed by atoms with Gasteiger partial charge in [-0.05, 0) is 63.8 Å². The molecular weight excluding hydrogens is 396 g/mol. The van der Waals surface area contributed by atoms with Gasteiger partial charge in [0.1, 0.15) is 5.01 Å². The van der Waals surface area contributed by atoms with Crippen molar-refractivity contribution < 1.29 is 4.79 Å². The quantitative estimate of drug-likeness (QED) is 0.643. The highest BCUT2D eigenvalue weighted by Crippen LogP contribution is 2.26. The van der Waals surface area contributed by atoms with E-state index in [4.69, 9.17) is 0 Å². The molecular formula is C22H28N6OS. The van der Waals surface area contributed by atoms with Gasteiger partial charge in [0.05, 0.1) is 5.69 Å². The number of rotatable bonds is 6. The van der Waals surface area contributed by atoms with E-state index in [1.165, 1.54) is 36.2 Å². The zero-order valence-electron chi connectivity index (χ0n) is 17.8. The molecule has 1 fully saturated rings. The second-order valence-corrected chi connectivity index (χ2v) is 8.97. The normalized spacial score (nSPS) is 14.2. The Labute approximate surface area is 181 Å². The second-order valence-electron chi connectivity index (χ2n) is 7.90. The van der Waals surface area contributed by atoms with Crippen molar-refractivity contribution >= 4 is 28.1 Å². The maximum Gasteiger partial charge on any atom is 0.257 e. The molecule has 2 aromatic heterocycles. The van der Waals surface area contributed by atoms with Crippen LogP contribution < -0.4 is 10.2 Å². The molecule has 3 heterocycles. The third-order valence-electron chi connectivity index (χ3n) is 5.50. The van der Waals surface area contributed by atoms with Crippen LogP contribution in [0.2, 0.25) is 0 Å². The predicted octanol–water partition coefficient (Wildman–Crippen LogP) is 4.15. The van der Waals surface area contributed by atoms with E-state index in [0.29, 0.717) is 10.7 Å². The number of hydrogen-bond donors (Lipinski definition) is 1. The molecule has 8 heteroatoms. The smallest absolute Gasteiger partial charge is 0.257 e. The van der Waals surface area contributed by atoms with Crippen molar-refractivity contribution in [3.05, 3.63) is 51.8 Å². The molecule has 4 rings (SSSR count). The summed E-state index contributed by atoms with van der Waals surface area (Å²) in [6, 6.07) is 7.97. The number of nitrogens with zero attached hydrogens (tertiary/aromatic N) is 5. The zero-order valence-corrected chi connectivity index (χ0v) is 18.6. The van der Waals surface area contributed by atoms with Gasteiger partial charge in [-0.15, -0.1) is 10.2 Å². The summed E-state index contributed by atoms with van der Waals surface area (Å²) in [5, 5.41) is 17.2. The van der Waals surface area contributed by atoms with E-state index in [1.807, 2.05) is 36.7 Å². The van der Waals surface area contributed by atoms with E-state index in [0.717, 1.165) is 48.1 Å². The van der Waals surface area contributed by atoms with E-state index in [1.54, 1.807) is 0 Å². The summed E-state index contributed by atoms with van der Waals surface area (Å²) in [6.07, 6.45) is 4.44. The lowest BCUT2D eigenvalue weighted by molar-refractivity contribution is 0.102. The Bertz CT molecular complexity index is 1030. The van der Waals surface area contributed by atoms with Crippen molar-refractivity contribution in [3.63, 3.8) is 0 Å². The van der Waals surface area contributed by atoms with E-state index in [9.17, 15) is 4.79 Å². The van der Waals surface area contributed by atoms with Crippen LogP contribution in [0.5, 0.6) is 0 Å². The number of aromatic nitrogens is 4. The highest BCUT2D eigenvalue weighted by atomic mass is 32.1. The van der Waals surface area contributed by atoms with Crippen LogP contribution in [0.4, 0.5) is 10.8 Å². The Kier molecular flexibility index (Phi) is 6.13. The van der Waals surface area contributed by atoms with Gasteiger partial charge in [0, 0.05) is 43.0 Å². The van der Waals surface area contributed by atoms with Gasteiger partial charge in [-0.25, -0.2) is 0 Å². The Morgan fingerprint density at radius 3 is 2.63 bits per heavy atom. The first-order chi connectivity index (χ1) is 14.5. The van der Waals surface area contributed by atoms with Crippen molar-refractivity contribution in [2.75, 3.05) is 23.3 Å². The van der Waals surface area contributed by atoms with Crippen molar-refractivity contribution in [2.45, 2.75) is 53.0 Å². The lowest BCUT2D eigenvalue weighted by Crippen LogP contribution is -2.30. The van der Waals surface area contributed by atoms with Gasteiger partial charge in [0.25, 0.3) is 5.91 Å². The molecule has 1 aromatic carbocycles. The van der Waals surface area contributed by atoms with Gasteiger partial charge in [0.2, 0.25) is 5.13 Å². The monoisotopic (exact) mass is 424 g/mol. The molecule has 1 amide bonds. The van der Waals surface area contributed by atoms with Gasteiger partial charge >= 0.3 is 0 Å². The van der Waals surface area contributed by atoms with Gasteiger partial charge in [-0.2, -0.15) is 5.10 Å². The van der Waals surface area contributed by atoms with Crippen molar-refractivity contribution in [3.8, 4) is 0 Å². The summed E-state index contributed by atoms with van der Waals surface area (Å²) in [4.78, 5) is 15.2. The number of aryl methyl sites for hydroxylation is 5. The first kappa shape index (κ1) is 20.5. The van der Waals surface area contributed by atoms with E-state index < -0.39 is 0 Å². The van der Waals surface area contributed by atoms with Crippen LogP contribution in [0.15, 0.2) is 24.3 Å². The molecule has 0 aliphatic carbocycles. The largest absolute Gasteiger partial charge is 0.371 e.